The lowest BCUT2D eigenvalue weighted by molar-refractivity contribution is -0.124. The fourth-order valence-electron chi connectivity index (χ4n) is 3.09. The van der Waals surface area contributed by atoms with Crippen LogP contribution in [0.4, 0.5) is 5.69 Å². The molecule has 1 aliphatic carbocycles. The lowest BCUT2D eigenvalue weighted by Crippen LogP contribution is -2.30. The molecule has 5 nitrogen and oxygen atoms in total. The first-order valence-electron chi connectivity index (χ1n) is 9.25. The molecule has 5 heteroatoms. The maximum absolute atomic E-state index is 12.6. The molecule has 0 heterocycles. The quantitative estimate of drug-likeness (QED) is 0.553. The monoisotopic (exact) mass is 347 g/mol. The molecule has 1 saturated carbocycles. The van der Waals surface area contributed by atoms with Crippen LogP contribution in [0.5, 0.6) is 5.75 Å². The molecule has 1 fully saturated rings. The van der Waals surface area contributed by atoms with E-state index in [2.05, 4.69) is 12.2 Å². The third-order valence-electron chi connectivity index (χ3n) is 4.74. The van der Waals surface area contributed by atoms with Gasteiger partial charge in [-0.05, 0) is 44.4 Å². The molecule has 0 atom stereocenters. The van der Waals surface area contributed by atoms with Gasteiger partial charge in [0.1, 0.15) is 11.3 Å². The van der Waals surface area contributed by atoms with Crippen LogP contribution in [0.2, 0.25) is 0 Å². The number of amides is 1. The fourth-order valence-corrected chi connectivity index (χ4v) is 3.09. The van der Waals surface area contributed by atoms with Crippen molar-refractivity contribution in [2.75, 3.05) is 18.5 Å². The van der Waals surface area contributed by atoms with Crippen molar-refractivity contribution in [1.82, 2.24) is 0 Å². The second kappa shape index (κ2) is 8.88. The molecule has 1 aromatic carbocycles. The number of hydrogen-bond acceptors (Lipinski definition) is 4. The topological polar surface area (TPSA) is 64.6 Å². The lowest BCUT2D eigenvalue weighted by atomic mass is 9.88. The number of unbranched alkanes of at least 4 members (excludes halogenated alkanes) is 1. The Morgan fingerprint density at radius 3 is 2.56 bits per heavy atom. The highest BCUT2D eigenvalue weighted by Crippen LogP contribution is 2.38. The minimum absolute atomic E-state index is 0.0134. The number of rotatable bonds is 8. The minimum atomic E-state index is -0.433. The van der Waals surface area contributed by atoms with E-state index in [-0.39, 0.29) is 11.3 Å². The molecule has 1 aromatic rings. The van der Waals surface area contributed by atoms with E-state index >= 15 is 0 Å². The zero-order valence-corrected chi connectivity index (χ0v) is 15.5. The highest BCUT2D eigenvalue weighted by Gasteiger charge is 2.36. The highest BCUT2D eigenvalue weighted by molar-refractivity contribution is 5.98. The predicted octanol–water partition coefficient (Wildman–Crippen LogP) is 4.56. The lowest BCUT2D eigenvalue weighted by Gasteiger charge is -2.22. The predicted molar refractivity (Wildman–Crippen MR) is 98.0 cm³/mol. The van der Waals surface area contributed by atoms with E-state index in [9.17, 15) is 9.59 Å². The van der Waals surface area contributed by atoms with Crippen LogP contribution >= 0.6 is 0 Å². The molecule has 1 aliphatic rings. The van der Waals surface area contributed by atoms with Gasteiger partial charge in [-0.2, -0.15) is 0 Å². The SMILES string of the molecule is CCCCOc1ccc(NC(=O)C2(C)CCCC2)cc1C(=O)OCC. The number of nitrogens with one attached hydrogen (secondary N) is 1. The first-order chi connectivity index (χ1) is 12.0. The van der Waals surface area contributed by atoms with Gasteiger partial charge in [0.2, 0.25) is 5.91 Å². The number of carbonyl (C=O) groups is 2. The molecule has 0 bridgehead atoms. The Kier molecular flexibility index (Phi) is 6.85. The van der Waals surface area contributed by atoms with Crippen molar-refractivity contribution < 1.29 is 19.1 Å². The van der Waals surface area contributed by atoms with Crippen molar-refractivity contribution in [3.05, 3.63) is 23.8 Å². The van der Waals surface area contributed by atoms with Crippen LogP contribution < -0.4 is 10.1 Å². The van der Waals surface area contributed by atoms with Crippen LogP contribution in [-0.4, -0.2) is 25.1 Å². The summed E-state index contributed by atoms with van der Waals surface area (Å²) >= 11 is 0. The third-order valence-corrected chi connectivity index (χ3v) is 4.74. The van der Waals surface area contributed by atoms with E-state index in [1.54, 1.807) is 25.1 Å². The number of anilines is 1. The molecule has 2 rings (SSSR count). The van der Waals surface area contributed by atoms with E-state index in [1.807, 2.05) is 6.92 Å². The van der Waals surface area contributed by atoms with Gasteiger partial charge in [0.05, 0.1) is 13.2 Å². The fraction of sp³-hybridized carbons (Fsp3) is 0.600. The average Bonchev–Trinajstić information content (AvgIpc) is 3.04. The van der Waals surface area contributed by atoms with Crippen LogP contribution in [0.15, 0.2) is 18.2 Å². The normalized spacial score (nSPS) is 15.6. The number of carbonyl (C=O) groups excluding carboxylic acids is 2. The summed E-state index contributed by atoms with van der Waals surface area (Å²) in [4.78, 5) is 24.8. The van der Waals surface area contributed by atoms with Gasteiger partial charge in [-0.15, -0.1) is 0 Å². The molecule has 138 valence electrons. The second-order valence-electron chi connectivity index (χ2n) is 6.86. The third kappa shape index (κ3) is 4.97. The van der Waals surface area contributed by atoms with Crippen LogP contribution in [0.3, 0.4) is 0 Å². The molecule has 0 aliphatic heterocycles. The van der Waals surface area contributed by atoms with Gasteiger partial charge in [-0.25, -0.2) is 4.79 Å². The van der Waals surface area contributed by atoms with Gasteiger partial charge in [0, 0.05) is 11.1 Å². The average molecular weight is 347 g/mol. The van der Waals surface area contributed by atoms with Gasteiger partial charge in [0.15, 0.2) is 0 Å². The summed E-state index contributed by atoms with van der Waals surface area (Å²) in [5, 5.41) is 2.95. The number of esters is 1. The molecule has 25 heavy (non-hydrogen) atoms. The largest absolute Gasteiger partial charge is 0.493 e. The van der Waals surface area contributed by atoms with Gasteiger partial charge in [-0.3, -0.25) is 4.79 Å². The van der Waals surface area contributed by atoms with E-state index < -0.39 is 5.97 Å². The molecule has 1 N–H and O–H groups in total. The summed E-state index contributed by atoms with van der Waals surface area (Å²) in [7, 11) is 0. The molecular weight excluding hydrogens is 318 g/mol. The molecular formula is C20H29NO4. The molecule has 1 amide bonds. The second-order valence-corrected chi connectivity index (χ2v) is 6.86. The highest BCUT2D eigenvalue weighted by atomic mass is 16.5. The summed E-state index contributed by atoms with van der Waals surface area (Å²) < 4.78 is 10.8. The van der Waals surface area contributed by atoms with E-state index in [0.29, 0.717) is 30.2 Å². The maximum Gasteiger partial charge on any atom is 0.341 e. The standard InChI is InChI=1S/C20H29NO4/c1-4-6-13-25-17-10-9-15(14-16(17)18(22)24-5-2)21-19(23)20(3)11-7-8-12-20/h9-10,14H,4-8,11-13H2,1-3H3,(H,21,23). The Morgan fingerprint density at radius 1 is 1.20 bits per heavy atom. The molecule has 0 aromatic heterocycles. The van der Waals surface area contributed by atoms with E-state index in [4.69, 9.17) is 9.47 Å². The Labute approximate surface area is 150 Å². The molecule has 0 spiro atoms. The van der Waals surface area contributed by atoms with Gasteiger partial charge < -0.3 is 14.8 Å². The Bertz CT molecular complexity index is 606. The van der Waals surface area contributed by atoms with Crippen molar-refractivity contribution in [3.63, 3.8) is 0 Å². The van der Waals surface area contributed by atoms with Crippen LogP contribution in [-0.2, 0) is 9.53 Å². The van der Waals surface area contributed by atoms with Crippen molar-refractivity contribution in [2.24, 2.45) is 5.41 Å². The summed E-state index contributed by atoms with van der Waals surface area (Å²) in [5.74, 6) is 0.0774. The van der Waals surface area contributed by atoms with Crippen molar-refractivity contribution in [3.8, 4) is 5.75 Å². The van der Waals surface area contributed by atoms with Crippen LogP contribution in [0.1, 0.15) is 69.7 Å². The van der Waals surface area contributed by atoms with E-state index in [1.165, 1.54) is 0 Å². The molecule has 0 radical (unpaired) electrons. The van der Waals surface area contributed by atoms with Crippen molar-refractivity contribution in [1.29, 1.82) is 0 Å². The molecule has 0 saturated heterocycles. The van der Waals surface area contributed by atoms with Gasteiger partial charge >= 0.3 is 5.97 Å². The number of hydrogen-bond donors (Lipinski definition) is 1. The van der Waals surface area contributed by atoms with Crippen molar-refractivity contribution >= 4 is 17.6 Å². The first-order valence-corrected chi connectivity index (χ1v) is 9.25. The minimum Gasteiger partial charge on any atom is -0.493 e. The number of ether oxygens (including phenoxy) is 2. The first kappa shape index (κ1) is 19.3. The van der Waals surface area contributed by atoms with Crippen LogP contribution in [0.25, 0.3) is 0 Å². The zero-order valence-electron chi connectivity index (χ0n) is 15.5. The summed E-state index contributed by atoms with van der Waals surface area (Å²) in [5.41, 5.74) is 0.636. The summed E-state index contributed by atoms with van der Waals surface area (Å²) in [6.45, 7) is 6.69. The van der Waals surface area contributed by atoms with E-state index in [0.717, 1.165) is 38.5 Å². The Hall–Kier alpha value is -2.04. The molecule has 0 unspecified atom stereocenters. The Balaban J connectivity index is 2.17. The van der Waals surface area contributed by atoms with Crippen molar-refractivity contribution in [2.45, 2.75) is 59.3 Å². The maximum atomic E-state index is 12.6. The van der Waals surface area contributed by atoms with Gasteiger partial charge in [0.25, 0.3) is 0 Å². The summed E-state index contributed by atoms with van der Waals surface area (Å²) in [6, 6.07) is 5.16. The smallest absolute Gasteiger partial charge is 0.341 e. The Morgan fingerprint density at radius 2 is 1.92 bits per heavy atom. The van der Waals surface area contributed by atoms with Crippen LogP contribution in [0, 0.1) is 5.41 Å². The zero-order chi connectivity index (χ0) is 18.3. The van der Waals surface area contributed by atoms with Gasteiger partial charge in [-0.1, -0.05) is 33.1 Å². The number of benzene rings is 1. The summed E-state index contributed by atoms with van der Waals surface area (Å²) in [6.07, 6.45) is 5.91.